The average molecular weight is 307 g/mol. The van der Waals surface area contributed by atoms with Crippen LogP contribution in [0.1, 0.15) is 22.5 Å². The van der Waals surface area contributed by atoms with Crippen molar-refractivity contribution in [3.8, 4) is 0 Å². The molecule has 0 saturated carbocycles. The predicted molar refractivity (Wildman–Crippen MR) is 75.9 cm³/mol. The van der Waals surface area contributed by atoms with Gasteiger partial charge < -0.3 is 0 Å². The van der Waals surface area contributed by atoms with Gasteiger partial charge in [0.25, 0.3) is 0 Å². The second-order valence-electron chi connectivity index (χ2n) is 5.14. The van der Waals surface area contributed by atoms with Gasteiger partial charge >= 0.3 is 6.18 Å². The topological polar surface area (TPSA) is 45.6 Å². The Bertz CT molecular complexity index is 770. The van der Waals surface area contributed by atoms with E-state index in [4.69, 9.17) is 0 Å². The van der Waals surface area contributed by atoms with Crippen LogP contribution >= 0.6 is 0 Å². The number of benzene rings is 1. The van der Waals surface area contributed by atoms with E-state index in [1.165, 1.54) is 7.05 Å². The lowest BCUT2D eigenvalue weighted by Crippen LogP contribution is -2.37. The maximum atomic E-state index is 12.9. The van der Waals surface area contributed by atoms with Crippen LogP contribution in [-0.2, 0) is 0 Å². The van der Waals surface area contributed by atoms with Crippen LogP contribution in [-0.4, -0.2) is 41.3 Å². The molecule has 1 atom stereocenters. The lowest BCUT2D eigenvalue weighted by Gasteiger charge is -2.21. The van der Waals surface area contributed by atoms with Crippen molar-refractivity contribution in [3.05, 3.63) is 41.6 Å². The predicted octanol–water partition coefficient (Wildman–Crippen LogP) is 3.02. The molecular weight excluding hydrogens is 295 g/mol. The third-order valence-electron chi connectivity index (χ3n) is 3.66. The van der Waals surface area contributed by atoms with Crippen LogP contribution in [0.5, 0.6) is 0 Å². The van der Waals surface area contributed by atoms with Gasteiger partial charge in [0, 0.05) is 18.9 Å². The highest BCUT2D eigenvalue weighted by atomic mass is 19.4. The van der Waals surface area contributed by atoms with Gasteiger partial charge in [0.1, 0.15) is 11.7 Å². The number of alkyl halides is 3. The molecule has 7 heteroatoms. The van der Waals surface area contributed by atoms with Crippen LogP contribution < -0.4 is 0 Å². The molecule has 114 valence electrons. The van der Waals surface area contributed by atoms with E-state index in [0.717, 1.165) is 10.4 Å². The minimum Gasteiger partial charge on any atom is -0.296 e. The molecule has 4 nitrogen and oxygen atoms in total. The molecule has 1 aliphatic heterocycles. The number of pyridine rings is 1. The monoisotopic (exact) mass is 307 g/mol. The fraction of sp³-hybridized carbons (Fsp3) is 0.267. The second-order valence-corrected chi connectivity index (χ2v) is 5.14. The summed E-state index contributed by atoms with van der Waals surface area (Å²) in [6.07, 6.45) is -3.83. The molecule has 0 aliphatic carbocycles. The second kappa shape index (κ2) is 5.08. The van der Waals surface area contributed by atoms with E-state index in [0.29, 0.717) is 28.8 Å². The first-order valence-electron chi connectivity index (χ1n) is 6.62. The van der Waals surface area contributed by atoms with Crippen molar-refractivity contribution >= 4 is 22.9 Å². The Morgan fingerprint density at radius 3 is 2.68 bits per heavy atom. The fourth-order valence-electron chi connectivity index (χ4n) is 2.51. The third kappa shape index (κ3) is 2.54. The summed E-state index contributed by atoms with van der Waals surface area (Å²) < 4.78 is 38.6. The molecule has 0 spiro atoms. The minimum absolute atomic E-state index is 0.175. The van der Waals surface area contributed by atoms with Crippen LogP contribution in [0.3, 0.4) is 0 Å². The maximum absolute atomic E-state index is 12.9. The van der Waals surface area contributed by atoms with Gasteiger partial charge in [0.2, 0.25) is 0 Å². The Morgan fingerprint density at radius 1 is 1.27 bits per heavy atom. The van der Waals surface area contributed by atoms with Crippen LogP contribution in [0.15, 0.2) is 35.4 Å². The molecule has 1 aliphatic rings. The molecule has 0 fully saturated rings. The van der Waals surface area contributed by atoms with E-state index >= 15 is 0 Å². The molecule has 2 aromatic rings. The normalized spacial score (nSPS) is 18.6. The zero-order valence-corrected chi connectivity index (χ0v) is 11.6. The zero-order valence-electron chi connectivity index (χ0n) is 11.6. The third-order valence-corrected chi connectivity index (χ3v) is 3.66. The molecular formula is C15H12F3N3O. The van der Waals surface area contributed by atoms with Gasteiger partial charge in [-0.25, -0.2) is 4.98 Å². The van der Waals surface area contributed by atoms with E-state index in [1.54, 1.807) is 30.3 Å². The van der Waals surface area contributed by atoms with Gasteiger partial charge in [-0.1, -0.05) is 12.1 Å². The van der Waals surface area contributed by atoms with Crippen LogP contribution in [0.2, 0.25) is 0 Å². The summed E-state index contributed by atoms with van der Waals surface area (Å²) in [5.74, 6) is 0. The number of carbonyl (C=O) groups excluding carboxylic acids is 1. The number of hydrazone groups is 1. The number of aldehydes is 1. The molecule has 0 saturated heterocycles. The summed E-state index contributed by atoms with van der Waals surface area (Å²) in [5.41, 5.74) is 1.96. The van der Waals surface area contributed by atoms with Crippen molar-refractivity contribution in [2.45, 2.75) is 18.6 Å². The van der Waals surface area contributed by atoms with Crippen molar-refractivity contribution in [2.75, 3.05) is 7.05 Å². The largest absolute Gasteiger partial charge is 0.410 e. The Labute approximate surface area is 124 Å². The number of aromatic nitrogens is 1. The minimum atomic E-state index is -4.31. The molecule has 1 unspecified atom stereocenters. The molecule has 0 bridgehead atoms. The highest BCUT2D eigenvalue weighted by Gasteiger charge is 2.46. The lowest BCUT2D eigenvalue weighted by atomic mass is 10.0. The summed E-state index contributed by atoms with van der Waals surface area (Å²) in [6.45, 7) is 0. The highest BCUT2D eigenvalue weighted by molar-refractivity contribution is 6.04. The zero-order chi connectivity index (χ0) is 15.9. The molecule has 0 amide bonds. The summed E-state index contributed by atoms with van der Waals surface area (Å²) >= 11 is 0. The van der Waals surface area contributed by atoms with Gasteiger partial charge in [-0.2, -0.15) is 18.3 Å². The number of fused-ring (bicyclic) bond motifs is 1. The molecule has 22 heavy (non-hydrogen) atoms. The first-order valence-corrected chi connectivity index (χ1v) is 6.62. The quantitative estimate of drug-likeness (QED) is 0.801. The summed E-state index contributed by atoms with van der Waals surface area (Å²) in [5, 5.41) is 5.71. The number of halogens is 3. The number of hydrogen-bond donors (Lipinski definition) is 0. The smallest absolute Gasteiger partial charge is 0.296 e. The van der Waals surface area contributed by atoms with Gasteiger partial charge in [0.05, 0.1) is 11.2 Å². The molecule has 0 N–H and O–H groups in total. The first kappa shape index (κ1) is 14.5. The summed E-state index contributed by atoms with van der Waals surface area (Å²) in [6, 6.07) is 6.79. The Balaban J connectivity index is 1.95. The van der Waals surface area contributed by atoms with Crippen molar-refractivity contribution in [1.29, 1.82) is 0 Å². The van der Waals surface area contributed by atoms with E-state index in [2.05, 4.69) is 10.1 Å². The van der Waals surface area contributed by atoms with Crippen molar-refractivity contribution in [3.63, 3.8) is 0 Å². The van der Waals surface area contributed by atoms with E-state index < -0.39 is 12.2 Å². The number of rotatable bonds is 2. The molecule has 0 radical (unpaired) electrons. The summed E-state index contributed by atoms with van der Waals surface area (Å²) in [4.78, 5) is 14.8. The lowest BCUT2D eigenvalue weighted by molar-refractivity contribution is -0.174. The SMILES string of the molecule is CN1N=C(c2ccc3nc(C=O)ccc3c2)CC1C(F)(F)F. The maximum Gasteiger partial charge on any atom is 0.410 e. The molecule has 1 aromatic carbocycles. The van der Waals surface area contributed by atoms with E-state index in [1.807, 2.05) is 0 Å². The van der Waals surface area contributed by atoms with Gasteiger partial charge in [-0.3, -0.25) is 9.80 Å². The van der Waals surface area contributed by atoms with Crippen molar-refractivity contribution in [1.82, 2.24) is 9.99 Å². The summed E-state index contributed by atoms with van der Waals surface area (Å²) in [7, 11) is 1.32. The van der Waals surface area contributed by atoms with E-state index in [-0.39, 0.29) is 6.42 Å². The average Bonchev–Trinajstić information content (AvgIpc) is 2.88. The highest BCUT2D eigenvalue weighted by Crippen LogP contribution is 2.32. The molecule has 1 aromatic heterocycles. The Kier molecular flexibility index (Phi) is 3.35. The van der Waals surface area contributed by atoms with Gasteiger partial charge in [-0.15, -0.1) is 0 Å². The van der Waals surface area contributed by atoms with Crippen LogP contribution in [0.4, 0.5) is 13.2 Å². The number of carbonyl (C=O) groups is 1. The van der Waals surface area contributed by atoms with Crippen molar-refractivity contribution < 1.29 is 18.0 Å². The molecule has 2 heterocycles. The fourth-order valence-corrected chi connectivity index (χ4v) is 2.51. The first-order chi connectivity index (χ1) is 10.4. The Hall–Kier alpha value is -2.44. The van der Waals surface area contributed by atoms with E-state index in [9.17, 15) is 18.0 Å². The standard InChI is InChI=1S/C15H12F3N3O/c1-21-14(15(16,17)18)7-13(20-21)10-3-5-12-9(6-10)2-4-11(8-22)19-12/h2-6,8,14H,7H2,1H3. The van der Waals surface area contributed by atoms with Crippen LogP contribution in [0, 0.1) is 0 Å². The van der Waals surface area contributed by atoms with Crippen LogP contribution in [0.25, 0.3) is 10.9 Å². The molecule has 3 rings (SSSR count). The number of nitrogens with zero attached hydrogens (tertiary/aromatic N) is 3. The number of hydrogen-bond acceptors (Lipinski definition) is 4. The Morgan fingerprint density at radius 2 is 2.05 bits per heavy atom. The van der Waals surface area contributed by atoms with Gasteiger partial charge in [0.15, 0.2) is 6.29 Å². The van der Waals surface area contributed by atoms with Gasteiger partial charge in [-0.05, 0) is 23.8 Å². The van der Waals surface area contributed by atoms with Crippen molar-refractivity contribution in [2.24, 2.45) is 5.10 Å².